The average molecular weight is 303 g/mol. The summed E-state index contributed by atoms with van der Waals surface area (Å²) in [5.41, 5.74) is 6.31. The number of ether oxygens (including phenoxy) is 1. The largest absolute Gasteiger partial charge is 0.432 e. The van der Waals surface area contributed by atoms with Gasteiger partial charge in [0.1, 0.15) is 0 Å². The second-order valence-electron chi connectivity index (χ2n) is 4.71. The fourth-order valence-electron chi connectivity index (χ4n) is 2.28. The Bertz CT molecular complexity index is 532. The Morgan fingerprint density at radius 2 is 1.90 bits per heavy atom. The smallest absolute Gasteiger partial charge is 0.387 e. The summed E-state index contributed by atoms with van der Waals surface area (Å²) in [5.74, 6) is -1.49. The van der Waals surface area contributed by atoms with Crippen LogP contribution in [-0.2, 0) is 4.79 Å². The monoisotopic (exact) mass is 303 g/mol. The van der Waals surface area contributed by atoms with Crippen LogP contribution in [0, 0.1) is 5.82 Å². The van der Waals surface area contributed by atoms with Gasteiger partial charge in [0, 0.05) is 45.2 Å². The van der Waals surface area contributed by atoms with Crippen LogP contribution >= 0.6 is 0 Å². The van der Waals surface area contributed by atoms with E-state index >= 15 is 0 Å². The third-order valence-corrected chi connectivity index (χ3v) is 3.36. The zero-order chi connectivity index (χ0) is 15.6. The van der Waals surface area contributed by atoms with Crippen molar-refractivity contribution in [1.82, 2.24) is 4.90 Å². The molecule has 1 aliphatic heterocycles. The average Bonchev–Trinajstić information content (AvgIpc) is 2.41. The molecule has 1 aromatic carbocycles. The van der Waals surface area contributed by atoms with Crippen LogP contribution in [0.4, 0.5) is 24.5 Å². The maximum Gasteiger partial charge on any atom is 0.387 e. The highest BCUT2D eigenvalue weighted by molar-refractivity contribution is 5.74. The summed E-state index contributed by atoms with van der Waals surface area (Å²) in [5, 5.41) is 0. The third-order valence-electron chi connectivity index (χ3n) is 3.36. The molecule has 5 nitrogen and oxygen atoms in total. The molecule has 1 amide bonds. The van der Waals surface area contributed by atoms with E-state index in [1.807, 2.05) is 4.90 Å². The molecule has 0 aromatic heterocycles. The van der Waals surface area contributed by atoms with E-state index in [1.54, 1.807) is 4.90 Å². The van der Waals surface area contributed by atoms with Gasteiger partial charge in [-0.05, 0) is 0 Å². The Morgan fingerprint density at radius 3 is 2.43 bits per heavy atom. The number of piperazine rings is 1. The Hall–Kier alpha value is -2.12. The highest BCUT2D eigenvalue weighted by Crippen LogP contribution is 2.32. The van der Waals surface area contributed by atoms with E-state index in [0.29, 0.717) is 31.9 Å². The highest BCUT2D eigenvalue weighted by atomic mass is 19.3. The van der Waals surface area contributed by atoms with Gasteiger partial charge in [0.2, 0.25) is 5.91 Å². The van der Waals surface area contributed by atoms with Crippen molar-refractivity contribution in [1.29, 1.82) is 0 Å². The number of benzene rings is 1. The molecule has 0 bridgehead atoms. The van der Waals surface area contributed by atoms with Crippen LogP contribution in [0.5, 0.6) is 5.75 Å². The molecule has 1 heterocycles. The first-order valence-electron chi connectivity index (χ1n) is 6.42. The SMILES string of the molecule is CC(=O)N1CCN(c2cc(OC(F)F)c(F)cc2N)CC1. The highest BCUT2D eigenvalue weighted by Gasteiger charge is 2.22. The van der Waals surface area contributed by atoms with E-state index in [-0.39, 0.29) is 11.6 Å². The maximum atomic E-state index is 13.5. The van der Waals surface area contributed by atoms with E-state index in [2.05, 4.69) is 4.74 Å². The fraction of sp³-hybridized carbons (Fsp3) is 0.462. The van der Waals surface area contributed by atoms with E-state index in [9.17, 15) is 18.0 Å². The lowest BCUT2D eigenvalue weighted by molar-refractivity contribution is -0.129. The molecule has 2 rings (SSSR count). The molecule has 1 aromatic rings. The predicted octanol–water partition coefficient (Wildman–Crippen LogP) is 1.68. The van der Waals surface area contributed by atoms with Gasteiger partial charge in [-0.15, -0.1) is 0 Å². The molecule has 0 atom stereocenters. The number of nitrogens with zero attached hydrogens (tertiary/aromatic N) is 2. The molecule has 0 aliphatic carbocycles. The summed E-state index contributed by atoms with van der Waals surface area (Å²) in [7, 11) is 0. The molecule has 0 radical (unpaired) electrons. The minimum absolute atomic E-state index is 0.0246. The van der Waals surface area contributed by atoms with E-state index < -0.39 is 18.2 Å². The number of alkyl halides is 2. The summed E-state index contributed by atoms with van der Waals surface area (Å²) in [6.45, 7) is 0.350. The Morgan fingerprint density at radius 1 is 1.29 bits per heavy atom. The molecule has 2 N–H and O–H groups in total. The minimum atomic E-state index is -3.11. The molecule has 0 spiro atoms. The van der Waals surface area contributed by atoms with Crippen LogP contribution in [0.1, 0.15) is 6.92 Å². The molecule has 21 heavy (non-hydrogen) atoms. The second-order valence-corrected chi connectivity index (χ2v) is 4.71. The van der Waals surface area contributed by atoms with Gasteiger partial charge in [0.25, 0.3) is 0 Å². The number of hydrogen-bond donors (Lipinski definition) is 1. The molecule has 116 valence electrons. The topological polar surface area (TPSA) is 58.8 Å². The number of hydrogen-bond acceptors (Lipinski definition) is 4. The van der Waals surface area contributed by atoms with E-state index in [4.69, 9.17) is 5.73 Å². The van der Waals surface area contributed by atoms with E-state index in [1.165, 1.54) is 13.0 Å². The van der Waals surface area contributed by atoms with Gasteiger partial charge in [-0.2, -0.15) is 8.78 Å². The summed E-state index contributed by atoms with van der Waals surface area (Å²) in [4.78, 5) is 14.7. The van der Waals surface area contributed by atoms with Crippen molar-refractivity contribution in [3.05, 3.63) is 17.9 Å². The van der Waals surface area contributed by atoms with Crippen molar-refractivity contribution in [3.63, 3.8) is 0 Å². The molecular formula is C13H16F3N3O2. The standard InChI is InChI=1S/C13H16F3N3O2/c1-8(20)18-2-4-19(5-3-18)11-7-12(21-13(15)16)9(14)6-10(11)17/h6-7,13H,2-5,17H2,1H3. The molecule has 0 unspecified atom stereocenters. The zero-order valence-electron chi connectivity index (χ0n) is 11.5. The first-order valence-corrected chi connectivity index (χ1v) is 6.42. The Labute approximate surface area is 120 Å². The van der Waals surface area contributed by atoms with Gasteiger partial charge in [-0.25, -0.2) is 4.39 Å². The third kappa shape index (κ3) is 3.50. The fourth-order valence-corrected chi connectivity index (χ4v) is 2.28. The summed E-state index contributed by atoms with van der Waals surface area (Å²) < 4.78 is 42.1. The number of carbonyl (C=O) groups is 1. The molecule has 1 saturated heterocycles. The quantitative estimate of drug-likeness (QED) is 0.863. The molecule has 1 fully saturated rings. The summed E-state index contributed by atoms with van der Waals surface area (Å²) in [6.07, 6.45) is 0. The zero-order valence-corrected chi connectivity index (χ0v) is 11.5. The molecule has 0 saturated carbocycles. The van der Waals surface area contributed by atoms with Crippen molar-refractivity contribution in [2.45, 2.75) is 13.5 Å². The van der Waals surface area contributed by atoms with Gasteiger partial charge >= 0.3 is 6.61 Å². The second kappa shape index (κ2) is 6.11. The molecule has 1 aliphatic rings. The lowest BCUT2D eigenvalue weighted by Crippen LogP contribution is -2.48. The van der Waals surface area contributed by atoms with Gasteiger partial charge < -0.3 is 20.3 Å². The normalized spacial score (nSPS) is 15.5. The van der Waals surface area contributed by atoms with Gasteiger partial charge in [-0.1, -0.05) is 0 Å². The van der Waals surface area contributed by atoms with Crippen LogP contribution in [0.25, 0.3) is 0 Å². The van der Waals surface area contributed by atoms with Crippen LogP contribution in [0.15, 0.2) is 12.1 Å². The molecule has 8 heteroatoms. The van der Waals surface area contributed by atoms with Crippen molar-refractivity contribution < 1.29 is 22.7 Å². The lowest BCUT2D eigenvalue weighted by Gasteiger charge is -2.36. The van der Waals surface area contributed by atoms with Crippen molar-refractivity contribution in [3.8, 4) is 5.75 Å². The number of nitrogen functional groups attached to an aromatic ring is 1. The van der Waals surface area contributed by atoms with Crippen molar-refractivity contribution in [2.75, 3.05) is 36.8 Å². The Balaban J connectivity index is 2.18. The predicted molar refractivity (Wildman–Crippen MR) is 71.9 cm³/mol. The number of amides is 1. The van der Waals surface area contributed by atoms with Crippen LogP contribution < -0.4 is 15.4 Å². The van der Waals surface area contributed by atoms with Gasteiger partial charge in [0.05, 0.1) is 11.4 Å². The van der Waals surface area contributed by atoms with Crippen LogP contribution in [0.2, 0.25) is 0 Å². The van der Waals surface area contributed by atoms with Gasteiger partial charge in [0.15, 0.2) is 11.6 Å². The number of anilines is 2. The first kappa shape index (κ1) is 15.3. The first-order chi connectivity index (χ1) is 9.88. The van der Waals surface area contributed by atoms with Crippen LogP contribution in [0.3, 0.4) is 0 Å². The van der Waals surface area contributed by atoms with Crippen molar-refractivity contribution >= 4 is 17.3 Å². The maximum absolute atomic E-state index is 13.5. The minimum Gasteiger partial charge on any atom is -0.432 e. The van der Waals surface area contributed by atoms with Gasteiger partial charge in [-0.3, -0.25) is 4.79 Å². The number of halogens is 3. The number of rotatable bonds is 3. The Kier molecular flexibility index (Phi) is 4.44. The number of nitrogens with two attached hydrogens (primary N) is 1. The van der Waals surface area contributed by atoms with Crippen LogP contribution in [-0.4, -0.2) is 43.6 Å². The number of carbonyl (C=O) groups excluding carboxylic acids is 1. The summed E-state index contributed by atoms with van der Waals surface area (Å²) >= 11 is 0. The van der Waals surface area contributed by atoms with Crippen molar-refractivity contribution in [2.24, 2.45) is 0 Å². The van der Waals surface area contributed by atoms with E-state index in [0.717, 1.165) is 6.07 Å². The summed E-state index contributed by atoms with van der Waals surface area (Å²) in [6, 6.07) is 2.13. The lowest BCUT2D eigenvalue weighted by atomic mass is 10.2. The molecular weight excluding hydrogens is 287 g/mol.